The van der Waals surface area contributed by atoms with Crippen molar-refractivity contribution in [3.63, 3.8) is 0 Å². The van der Waals surface area contributed by atoms with Crippen LogP contribution in [0.3, 0.4) is 0 Å². The van der Waals surface area contributed by atoms with E-state index in [0.29, 0.717) is 19.5 Å². The molecule has 2 aromatic carbocycles. The van der Waals surface area contributed by atoms with E-state index in [1.165, 1.54) is 4.57 Å². The Morgan fingerprint density at radius 1 is 1.00 bits per heavy atom. The molecule has 30 heavy (non-hydrogen) atoms. The summed E-state index contributed by atoms with van der Waals surface area (Å²) in [7, 11) is 0. The van der Waals surface area contributed by atoms with Gasteiger partial charge in [-0.25, -0.2) is 4.79 Å². The van der Waals surface area contributed by atoms with Crippen LogP contribution in [0.5, 0.6) is 0 Å². The lowest BCUT2D eigenvalue weighted by Crippen LogP contribution is -2.32. The summed E-state index contributed by atoms with van der Waals surface area (Å²) < 4.78 is 3.25. The molecule has 4 rings (SSSR count). The lowest BCUT2D eigenvalue weighted by molar-refractivity contribution is -0.121. The van der Waals surface area contributed by atoms with E-state index in [9.17, 15) is 14.4 Å². The van der Waals surface area contributed by atoms with Gasteiger partial charge in [-0.2, -0.15) is 0 Å². The molecule has 0 saturated carbocycles. The van der Waals surface area contributed by atoms with Crippen molar-refractivity contribution in [3.8, 4) is 0 Å². The highest BCUT2D eigenvalue weighted by atomic mass is 16.2. The number of imidazole rings is 1. The third-order valence-corrected chi connectivity index (χ3v) is 5.49. The van der Waals surface area contributed by atoms with E-state index in [1.807, 2.05) is 55.5 Å². The van der Waals surface area contributed by atoms with Gasteiger partial charge in [-0.15, -0.1) is 0 Å². The summed E-state index contributed by atoms with van der Waals surface area (Å²) in [6, 6.07) is 15.2. The Balaban J connectivity index is 1.43. The van der Waals surface area contributed by atoms with Crippen LogP contribution < -0.4 is 15.9 Å². The van der Waals surface area contributed by atoms with Crippen molar-refractivity contribution >= 4 is 28.5 Å². The van der Waals surface area contributed by atoms with Gasteiger partial charge < -0.3 is 10.2 Å². The fraction of sp³-hybridized carbons (Fsp3) is 0.348. The van der Waals surface area contributed by atoms with Crippen LogP contribution in [0.25, 0.3) is 11.0 Å². The molecule has 156 valence electrons. The Morgan fingerprint density at radius 2 is 1.70 bits per heavy atom. The summed E-state index contributed by atoms with van der Waals surface area (Å²) >= 11 is 0. The molecule has 0 spiro atoms. The SMILES string of the molecule is CCCn1c(=O)n(CC(=O)NCc2ccc(N3CCCC3=O)cc2)c2ccccc21. The fourth-order valence-corrected chi connectivity index (χ4v) is 3.98. The van der Waals surface area contributed by atoms with Gasteiger partial charge in [0.05, 0.1) is 11.0 Å². The van der Waals surface area contributed by atoms with Crippen LogP contribution in [0.1, 0.15) is 31.7 Å². The molecule has 0 radical (unpaired) electrons. The third kappa shape index (κ3) is 3.87. The van der Waals surface area contributed by atoms with Crippen molar-refractivity contribution in [1.82, 2.24) is 14.5 Å². The van der Waals surface area contributed by atoms with Crippen molar-refractivity contribution < 1.29 is 9.59 Å². The van der Waals surface area contributed by atoms with Crippen molar-refractivity contribution in [2.45, 2.75) is 45.8 Å². The highest BCUT2D eigenvalue weighted by Crippen LogP contribution is 2.21. The van der Waals surface area contributed by atoms with E-state index in [0.717, 1.165) is 41.7 Å². The largest absolute Gasteiger partial charge is 0.350 e. The van der Waals surface area contributed by atoms with Gasteiger partial charge in [-0.1, -0.05) is 31.2 Å². The summed E-state index contributed by atoms with van der Waals surface area (Å²) in [6.07, 6.45) is 2.34. The highest BCUT2D eigenvalue weighted by molar-refractivity contribution is 5.95. The zero-order valence-electron chi connectivity index (χ0n) is 17.1. The first kappa shape index (κ1) is 19.9. The first-order chi connectivity index (χ1) is 14.6. The minimum atomic E-state index is -0.213. The number of aryl methyl sites for hydroxylation is 1. The van der Waals surface area contributed by atoms with Crippen LogP contribution in [0.4, 0.5) is 5.69 Å². The van der Waals surface area contributed by atoms with Gasteiger partial charge in [0.2, 0.25) is 11.8 Å². The topological polar surface area (TPSA) is 76.3 Å². The van der Waals surface area contributed by atoms with Gasteiger partial charge in [0.15, 0.2) is 0 Å². The molecule has 0 unspecified atom stereocenters. The molecule has 0 aliphatic carbocycles. The van der Waals surface area contributed by atoms with Gasteiger partial charge in [-0.05, 0) is 42.7 Å². The second-order valence-electron chi connectivity index (χ2n) is 7.60. The van der Waals surface area contributed by atoms with Crippen LogP contribution in [-0.2, 0) is 29.2 Å². The maximum atomic E-state index is 12.8. The predicted octanol–water partition coefficient (Wildman–Crippen LogP) is 2.66. The number of rotatable bonds is 7. The second-order valence-corrected chi connectivity index (χ2v) is 7.60. The number of nitrogens with zero attached hydrogens (tertiary/aromatic N) is 3. The Bertz CT molecular complexity index is 1130. The van der Waals surface area contributed by atoms with Gasteiger partial charge >= 0.3 is 5.69 Å². The number of fused-ring (bicyclic) bond motifs is 1. The molecule has 1 fully saturated rings. The molecular weight excluding hydrogens is 380 g/mol. The Morgan fingerprint density at radius 3 is 2.33 bits per heavy atom. The molecule has 2 heterocycles. The molecule has 0 bridgehead atoms. The summed E-state index contributed by atoms with van der Waals surface area (Å²) in [5.74, 6) is -0.0565. The Hall–Kier alpha value is -3.35. The maximum absolute atomic E-state index is 12.8. The van der Waals surface area contributed by atoms with Gasteiger partial charge in [-0.3, -0.25) is 18.7 Å². The highest BCUT2D eigenvalue weighted by Gasteiger charge is 2.21. The minimum absolute atomic E-state index is 0.0174. The number of carbonyl (C=O) groups excluding carboxylic acids is 2. The van der Waals surface area contributed by atoms with Crippen molar-refractivity contribution in [2.24, 2.45) is 0 Å². The Kier molecular flexibility index (Phi) is 5.70. The van der Waals surface area contributed by atoms with E-state index >= 15 is 0 Å². The fourth-order valence-electron chi connectivity index (χ4n) is 3.98. The lowest BCUT2D eigenvalue weighted by atomic mass is 10.2. The van der Waals surface area contributed by atoms with Crippen molar-refractivity contribution in [3.05, 3.63) is 64.6 Å². The smallest absolute Gasteiger partial charge is 0.329 e. The second kappa shape index (κ2) is 8.57. The molecule has 1 saturated heterocycles. The monoisotopic (exact) mass is 406 g/mol. The van der Waals surface area contributed by atoms with Crippen LogP contribution in [0, 0.1) is 0 Å². The molecular formula is C23H26N4O3. The first-order valence-corrected chi connectivity index (χ1v) is 10.4. The van der Waals surface area contributed by atoms with Crippen LogP contribution in [-0.4, -0.2) is 27.5 Å². The summed E-state index contributed by atoms with van der Waals surface area (Å²) in [4.78, 5) is 39.0. The molecule has 2 amide bonds. The van der Waals surface area contributed by atoms with E-state index in [4.69, 9.17) is 0 Å². The standard InChI is InChI=1S/C23H26N4O3/c1-2-13-26-19-6-3-4-7-20(19)27(23(26)30)16-21(28)24-15-17-9-11-18(12-10-17)25-14-5-8-22(25)29/h3-4,6-7,9-12H,2,5,8,13-16H2,1H3,(H,24,28). The summed E-state index contributed by atoms with van der Waals surface area (Å²) in [5.41, 5.74) is 3.30. The molecule has 1 aromatic heterocycles. The number of carbonyl (C=O) groups is 2. The van der Waals surface area contributed by atoms with Crippen LogP contribution >= 0.6 is 0 Å². The average molecular weight is 406 g/mol. The average Bonchev–Trinajstić information content (AvgIpc) is 3.30. The van der Waals surface area contributed by atoms with Gasteiger partial charge in [0.25, 0.3) is 0 Å². The molecule has 3 aromatic rings. The number of hydrogen-bond acceptors (Lipinski definition) is 3. The Labute approximate surface area is 174 Å². The van der Waals surface area contributed by atoms with E-state index < -0.39 is 0 Å². The number of nitrogens with one attached hydrogen (secondary N) is 1. The molecule has 0 atom stereocenters. The number of aromatic nitrogens is 2. The zero-order valence-corrected chi connectivity index (χ0v) is 17.1. The number of anilines is 1. The normalized spacial score (nSPS) is 13.9. The predicted molar refractivity (Wildman–Crippen MR) is 116 cm³/mol. The van der Waals surface area contributed by atoms with Crippen LogP contribution in [0.2, 0.25) is 0 Å². The van der Waals surface area contributed by atoms with Gasteiger partial charge in [0.1, 0.15) is 6.54 Å². The van der Waals surface area contributed by atoms with E-state index in [1.54, 1.807) is 9.47 Å². The number of para-hydroxylation sites is 2. The van der Waals surface area contributed by atoms with E-state index in [2.05, 4.69) is 5.32 Å². The summed E-state index contributed by atoms with van der Waals surface area (Å²) in [6.45, 7) is 3.76. The quantitative estimate of drug-likeness (QED) is 0.655. The maximum Gasteiger partial charge on any atom is 0.329 e. The van der Waals surface area contributed by atoms with Crippen LogP contribution in [0.15, 0.2) is 53.3 Å². The number of benzene rings is 2. The van der Waals surface area contributed by atoms with Crippen molar-refractivity contribution in [2.75, 3.05) is 11.4 Å². The first-order valence-electron chi connectivity index (χ1n) is 10.4. The number of amides is 2. The van der Waals surface area contributed by atoms with Gasteiger partial charge in [0, 0.05) is 31.7 Å². The minimum Gasteiger partial charge on any atom is -0.350 e. The molecule has 7 nitrogen and oxygen atoms in total. The zero-order chi connectivity index (χ0) is 21.1. The number of hydrogen-bond donors (Lipinski definition) is 1. The molecule has 1 aliphatic heterocycles. The molecule has 1 N–H and O–H groups in total. The third-order valence-electron chi connectivity index (χ3n) is 5.49. The molecule has 1 aliphatic rings. The van der Waals surface area contributed by atoms with Crippen molar-refractivity contribution in [1.29, 1.82) is 0 Å². The summed E-state index contributed by atoms with van der Waals surface area (Å²) in [5, 5.41) is 2.89. The molecule has 7 heteroatoms. The van der Waals surface area contributed by atoms with E-state index in [-0.39, 0.29) is 24.0 Å². The lowest BCUT2D eigenvalue weighted by Gasteiger charge is -2.16.